The van der Waals surface area contributed by atoms with Gasteiger partial charge in [0.2, 0.25) is 5.91 Å². The topological polar surface area (TPSA) is 45.5 Å². The van der Waals surface area contributed by atoms with E-state index in [1.165, 1.54) is 5.56 Å². The first-order valence-electron chi connectivity index (χ1n) is 7.37. The summed E-state index contributed by atoms with van der Waals surface area (Å²) in [4.78, 5) is 14.5. The van der Waals surface area contributed by atoms with E-state index in [9.17, 15) is 4.79 Å². The minimum absolute atomic E-state index is 0.0867. The molecule has 0 bridgehead atoms. The van der Waals surface area contributed by atoms with E-state index in [2.05, 4.69) is 34.5 Å². The highest BCUT2D eigenvalue weighted by molar-refractivity contribution is 5.79. The van der Waals surface area contributed by atoms with E-state index < -0.39 is 0 Å². The second-order valence-electron chi connectivity index (χ2n) is 5.50. The summed E-state index contributed by atoms with van der Waals surface area (Å²) >= 11 is 0. The van der Waals surface area contributed by atoms with E-state index in [0.29, 0.717) is 6.54 Å². The second kappa shape index (κ2) is 6.59. The van der Waals surface area contributed by atoms with Gasteiger partial charge >= 0.3 is 0 Å². The molecule has 1 aliphatic heterocycles. The summed E-state index contributed by atoms with van der Waals surface area (Å²) in [7, 11) is 0. The minimum Gasteiger partial charge on any atom is -0.467 e. The maximum atomic E-state index is 12.2. The molecular formula is C17H20N2O2. The van der Waals surface area contributed by atoms with Crippen molar-refractivity contribution in [2.75, 3.05) is 13.1 Å². The predicted molar refractivity (Wildman–Crippen MR) is 80.4 cm³/mol. The number of rotatable bonds is 5. The van der Waals surface area contributed by atoms with Crippen molar-refractivity contribution < 1.29 is 9.21 Å². The average molecular weight is 284 g/mol. The Hall–Kier alpha value is -2.07. The number of likely N-dealkylation sites (tertiary alicyclic amines) is 1. The first kappa shape index (κ1) is 13.9. The van der Waals surface area contributed by atoms with Crippen molar-refractivity contribution in [2.45, 2.75) is 19.5 Å². The van der Waals surface area contributed by atoms with E-state index in [4.69, 9.17) is 4.42 Å². The van der Waals surface area contributed by atoms with E-state index in [-0.39, 0.29) is 11.8 Å². The minimum atomic E-state index is 0.0867. The van der Waals surface area contributed by atoms with Crippen molar-refractivity contribution in [2.24, 2.45) is 5.92 Å². The standard InChI is InChI=1S/C17H20N2O2/c20-17(18-11-16-7-4-10-21-16)15-8-9-19(13-15)12-14-5-2-1-3-6-14/h1-7,10,15H,8-9,11-13H2,(H,18,20). The fraction of sp³-hybridized carbons (Fsp3) is 0.353. The summed E-state index contributed by atoms with van der Waals surface area (Å²) in [6.45, 7) is 3.20. The molecule has 110 valence electrons. The molecule has 0 spiro atoms. The van der Waals surface area contributed by atoms with Crippen LogP contribution in [0.25, 0.3) is 0 Å². The van der Waals surface area contributed by atoms with Crippen LogP contribution in [0, 0.1) is 5.92 Å². The van der Waals surface area contributed by atoms with Crippen molar-refractivity contribution in [1.82, 2.24) is 10.2 Å². The third-order valence-electron chi connectivity index (χ3n) is 3.91. The lowest BCUT2D eigenvalue weighted by atomic mass is 10.1. The van der Waals surface area contributed by atoms with Crippen LogP contribution in [0.3, 0.4) is 0 Å². The molecule has 21 heavy (non-hydrogen) atoms. The fourth-order valence-electron chi connectivity index (χ4n) is 2.76. The van der Waals surface area contributed by atoms with E-state index in [1.807, 2.05) is 18.2 Å². The molecular weight excluding hydrogens is 264 g/mol. The lowest BCUT2D eigenvalue weighted by molar-refractivity contribution is -0.124. The van der Waals surface area contributed by atoms with E-state index in [1.54, 1.807) is 6.26 Å². The summed E-state index contributed by atoms with van der Waals surface area (Å²) in [6.07, 6.45) is 2.55. The quantitative estimate of drug-likeness (QED) is 0.917. The van der Waals surface area contributed by atoms with Crippen LogP contribution >= 0.6 is 0 Å². The summed E-state index contributed by atoms with van der Waals surface area (Å²) < 4.78 is 5.22. The zero-order chi connectivity index (χ0) is 14.5. The molecule has 1 aromatic carbocycles. The highest BCUT2D eigenvalue weighted by Crippen LogP contribution is 2.19. The molecule has 1 aliphatic rings. The average Bonchev–Trinajstić information content (AvgIpc) is 3.17. The van der Waals surface area contributed by atoms with Crippen LogP contribution in [-0.4, -0.2) is 23.9 Å². The van der Waals surface area contributed by atoms with Gasteiger partial charge in [-0.15, -0.1) is 0 Å². The SMILES string of the molecule is O=C(NCc1ccco1)C1CCN(Cc2ccccc2)C1. The Bertz CT molecular complexity index is 566. The number of carbonyl (C=O) groups is 1. The summed E-state index contributed by atoms with van der Waals surface area (Å²) in [5.74, 6) is 1.01. The van der Waals surface area contributed by atoms with Crippen LogP contribution < -0.4 is 5.32 Å². The number of amides is 1. The van der Waals surface area contributed by atoms with Crippen LogP contribution in [0.4, 0.5) is 0 Å². The van der Waals surface area contributed by atoms with Crippen molar-refractivity contribution in [3.8, 4) is 0 Å². The van der Waals surface area contributed by atoms with E-state index >= 15 is 0 Å². The van der Waals surface area contributed by atoms with Crippen LogP contribution in [0.2, 0.25) is 0 Å². The molecule has 1 aromatic heterocycles. The third-order valence-corrected chi connectivity index (χ3v) is 3.91. The Morgan fingerprint density at radius 2 is 2.10 bits per heavy atom. The lowest BCUT2D eigenvalue weighted by Gasteiger charge is -2.15. The number of furan rings is 1. The highest BCUT2D eigenvalue weighted by Gasteiger charge is 2.28. The van der Waals surface area contributed by atoms with Gasteiger partial charge in [0, 0.05) is 13.1 Å². The van der Waals surface area contributed by atoms with Crippen molar-refractivity contribution in [3.05, 3.63) is 60.1 Å². The Kier molecular flexibility index (Phi) is 4.36. The Labute approximate surface area is 124 Å². The van der Waals surface area contributed by atoms with Crippen LogP contribution in [-0.2, 0) is 17.9 Å². The second-order valence-corrected chi connectivity index (χ2v) is 5.50. The maximum absolute atomic E-state index is 12.2. The number of nitrogens with one attached hydrogen (secondary N) is 1. The third kappa shape index (κ3) is 3.73. The lowest BCUT2D eigenvalue weighted by Crippen LogP contribution is -2.32. The molecule has 2 aromatic rings. The van der Waals surface area contributed by atoms with Gasteiger partial charge in [0.15, 0.2) is 0 Å². The summed E-state index contributed by atoms with van der Waals surface area (Å²) in [6, 6.07) is 14.1. The number of carbonyl (C=O) groups excluding carboxylic acids is 1. The van der Waals surface area contributed by atoms with Crippen molar-refractivity contribution in [3.63, 3.8) is 0 Å². The first-order chi connectivity index (χ1) is 10.3. The zero-order valence-corrected chi connectivity index (χ0v) is 12.0. The molecule has 1 saturated heterocycles. The Morgan fingerprint density at radius 1 is 1.24 bits per heavy atom. The number of hydrogen-bond acceptors (Lipinski definition) is 3. The van der Waals surface area contributed by atoms with Gasteiger partial charge in [-0.1, -0.05) is 30.3 Å². The highest BCUT2D eigenvalue weighted by atomic mass is 16.3. The van der Waals surface area contributed by atoms with Gasteiger partial charge in [0.05, 0.1) is 18.7 Å². The molecule has 1 unspecified atom stereocenters. The fourth-order valence-corrected chi connectivity index (χ4v) is 2.76. The Balaban J connectivity index is 1.46. The predicted octanol–water partition coefficient (Wildman–Crippen LogP) is 2.42. The first-order valence-corrected chi connectivity index (χ1v) is 7.37. The number of hydrogen-bond donors (Lipinski definition) is 1. The molecule has 3 rings (SSSR count). The van der Waals surface area contributed by atoms with Gasteiger partial charge in [0.1, 0.15) is 5.76 Å². The summed E-state index contributed by atoms with van der Waals surface area (Å²) in [5.41, 5.74) is 1.30. The molecule has 1 fully saturated rings. The van der Waals surface area contributed by atoms with Gasteiger partial charge in [-0.05, 0) is 30.7 Å². The Morgan fingerprint density at radius 3 is 2.86 bits per heavy atom. The zero-order valence-electron chi connectivity index (χ0n) is 12.0. The largest absolute Gasteiger partial charge is 0.467 e. The molecule has 1 N–H and O–H groups in total. The van der Waals surface area contributed by atoms with Gasteiger partial charge < -0.3 is 9.73 Å². The molecule has 0 radical (unpaired) electrons. The van der Waals surface area contributed by atoms with E-state index in [0.717, 1.165) is 31.8 Å². The van der Waals surface area contributed by atoms with Crippen LogP contribution in [0.1, 0.15) is 17.7 Å². The smallest absolute Gasteiger partial charge is 0.224 e. The molecule has 0 aliphatic carbocycles. The van der Waals surface area contributed by atoms with Crippen molar-refractivity contribution >= 4 is 5.91 Å². The summed E-state index contributed by atoms with van der Waals surface area (Å²) in [5, 5.41) is 2.95. The number of benzene rings is 1. The normalized spacial score (nSPS) is 18.8. The van der Waals surface area contributed by atoms with Crippen LogP contribution in [0.5, 0.6) is 0 Å². The molecule has 1 atom stereocenters. The molecule has 1 amide bonds. The van der Waals surface area contributed by atoms with Gasteiger partial charge in [-0.25, -0.2) is 0 Å². The molecule has 4 heteroatoms. The van der Waals surface area contributed by atoms with Gasteiger partial charge in [-0.3, -0.25) is 9.69 Å². The molecule has 0 saturated carbocycles. The maximum Gasteiger partial charge on any atom is 0.224 e. The molecule has 2 heterocycles. The number of nitrogens with zero attached hydrogens (tertiary/aromatic N) is 1. The van der Waals surface area contributed by atoms with Gasteiger partial charge in [0.25, 0.3) is 0 Å². The monoisotopic (exact) mass is 284 g/mol. The van der Waals surface area contributed by atoms with Crippen molar-refractivity contribution in [1.29, 1.82) is 0 Å². The van der Waals surface area contributed by atoms with Crippen LogP contribution in [0.15, 0.2) is 53.1 Å². The van der Waals surface area contributed by atoms with Gasteiger partial charge in [-0.2, -0.15) is 0 Å². The molecule has 4 nitrogen and oxygen atoms in total.